The molecule has 0 bridgehead atoms. The third kappa shape index (κ3) is 4.11. The van der Waals surface area contributed by atoms with E-state index in [4.69, 9.17) is 0 Å². The molecule has 0 aliphatic heterocycles. The zero-order valence-electron chi connectivity index (χ0n) is 17.3. The van der Waals surface area contributed by atoms with Crippen molar-refractivity contribution in [1.82, 2.24) is 10.3 Å². The van der Waals surface area contributed by atoms with Crippen LogP contribution in [0.15, 0.2) is 78.9 Å². The molecule has 1 atom stereocenters. The van der Waals surface area contributed by atoms with Crippen LogP contribution in [-0.4, -0.2) is 16.9 Å². The van der Waals surface area contributed by atoms with Gasteiger partial charge in [-0.3, -0.25) is 4.79 Å². The maximum absolute atomic E-state index is 13.8. The summed E-state index contributed by atoms with van der Waals surface area (Å²) in [6, 6.07) is 25.3. The quantitative estimate of drug-likeness (QED) is 0.446. The normalized spacial score (nSPS) is 15.7. The molecule has 1 amide bonds. The molecule has 4 heteroatoms. The van der Waals surface area contributed by atoms with E-state index in [1.165, 1.54) is 6.07 Å². The molecule has 0 spiro atoms. The third-order valence-corrected chi connectivity index (χ3v) is 6.31. The Morgan fingerprint density at radius 1 is 1.00 bits per heavy atom. The Bertz CT molecular complexity index is 1160. The molecule has 1 heterocycles. The van der Waals surface area contributed by atoms with Crippen LogP contribution in [0.5, 0.6) is 0 Å². The molecule has 0 saturated heterocycles. The largest absolute Gasteiger partial charge is 0.358 e. The van der Waals surface area contributed by atoms with Crippen LogP contribution in [0.1, 0.15) is 41.1 Å². The van der Waals surface area contributed by atoms with Crippen molar-refractivity contribution >= 4 is 16.8 Å². The van der Waals surface area contributed by atoms with Crippen LogP contribution in [0, 0.1) is 5.82 Å². The minimum atomic E-state index is -0.228. The lowest BCUT2D eigenvalue weighted by atomic mass is 9.87. The minimum absolute atomic E-state index is 0.0173. The molecule has 31 heavy (non-hydrogen) atoms. The lowest BCUT2D eigenvalue weighted by molar-refractivity contribution is -0.122. The van der Waals surface area contributed by atoms with Gasteiger partial charge in [-0.05, 0) is 54.2 Å². The first-order chi connectivity index (χ1) is 15.2. The summed E-state index contributed by atoms with van der Waals surface area (Å²) in [5, 5.41) is 4.18. The third-order valence-electron chi connectivity index (χ3n) is 6.31. The SMILES string of the molecule is O=C(CC(c1ccccc1)c1ccccc1)NC1CCc2[nH]c3ccc(F)cc3c2C1. The van der Waals surface area contributed by atoms with Crippen LogP contribution in [-0.2, 0) is 17.6 Å². The summed E-state index contributed by atoms with van der Waals surface area (Å²) in [6.45, 7) is 0. The summed E-state index contributed by atoms with van der Waals surface area (Å²) in [5.74, 6) is -0.157. The van der Waals surface area contributed by atoms with Crippen LogP contribution >= 0.6 is 0 Å². The molecule has 5 rings (SSSR count). The topological polar surface area (TPSA) is 44.9 Å². The molecule has 1 unspecified atom stereocenters. The number of aromatic amines is 1. The van der Waals surface area contributed by atoms with E-state index in [1.807, 2.05) is 36.4 Å². The summed E-state index contributed by atoms with van der Waals surface area (Å²) in [6.07, 6.45) is 2.87. The molecule has 0 fully saturated rings. The van der Waals surface area contributed by atoms with Crippen molar-refractivity contribution in [3.8, 4) is 0 Å². The predicted molar refractivity (Wildman–Crippen MR) is 122 cm³/mol. The summed E-state index contributed by atoms with van der Waals surface area (Å²) in [4.78, 5) is 16.5. The highest BCUT2D eigenvalue weighted by Gasteiger charge is 2.25. The fourth-order valence-corrected chi connectivity index (χ4v) is 4.78. The molecule has 1 aromatic heterocycles. The van der Waals surface area contributed by atoms with Crippen LogP contribution in [0.4, 0.5) is 4.39 Å². The van der Waals surface area contributed by atoms with Crippen molar-refractivity contribution in [2.75, 3.05) is 0 Å². The Labute approximate surface area is 181 Å². The molecule has 1 aliphatic carbocycles. The number of nitrogens with one attached hydrogen (secondary N) is 2. The van der Waals surface area contributed by atoms with Gasteiger partial charge in [0.05, 0.1) is 0 Å². The van der Waals surface area contributed by atoms with Gasteiger partial charge in [0, 0.05) is 35.0 Å². The number of aryl methyl sites for hydroxylation is 1. The lowest BCUT2D eigenvalue weighted by Crippen LogP contribution is -2.39. The van der Waals surface area contributed by atoms with Crippen molar-refractivity contribution in [2.45, 2.75) is 37.6 Å². The first-order valence-electron chi connectivity index (χ1n) is 10.9. The van der Waals surface area contributed by atoms with Gasteiger partial charge in [0.1, 0.15) is 5.82 Å². The zero-order chi connectivity index (χ0) is 21.2. The van der Waals surface area contributed by atoms with Crippen molar-refractivity contribution in [2.24, 2.45) is 0 Å². The fraction of sp³-hybridized carbons (Fsp3) is 0.222. The summed E-state index contributed by atoms with van der Waals surface area (Å²) >= 11 is 0. The zero-order valence-corrected chi connectivity index (χ0v) is 17.3. The van der Waals surface area contributed by atoms with Crippen LogP contribution in [0.2, 0.25) is 0 Å². The van der Waals surface area contributed by atoms with Crippen LogP contribution < -0.4 is 5.32 Å². The second kappa shape index (κ2) is 8.38. The maximum atomic E-state index is 13.8. The van der Waals surface area contributed by atoms with Gasteiger partial charge in [-0.2, -0.15) is 0 Å². The van der Waals surface area contributed by atoms with E-state index in [2.05, 4.69) is 34.6 Å². The number of carbonyl (C=O) groups is 1. The van der Waals surface area contributed by atoms with E-state index < -0.39 is 0 Å². The van der Waals surface area contributed by atoms with Gasteiger partial charge in [-0.15, -0.1) is 0 Å². The fourth-order valence-electron chi connectivity index (χ4n) is 4.78. The first-order valence-corrected chi connectivity index (χ1v) is 10.9. The Morgan fingerprint density at radius 2 is 1.68 bits per heavy atom. The van der Waals surface area contributed by atoms with E-state index in [9.17, 15) is 9.18 Å². The molecule has 3 aromatic carbocycles. The number of hydrogen-bond donors (Lipinski definition) is 2. The molecular formula is C27H25FN2O. The molecule has 2 N–H and O–H groups in total. The van der Waals surface area contributed by atoms with E-state index in [-0.39, 0.29) is 23.7 Å². The van der Waals surface area contributed by atoms with Gasteiger partial charge in [-0.1, -0.05) is 60.7 Å². The second-order valence-electron chi connectivity index (χ2n) is 8.36. The monoisotopic (exact) mass is 412 g/mol. The average Bonchev–Trinajstić information content (AvgIpc) is 3.16. The molecule has 1 aliphatic rings. The van der Waals surface area contributed by atoms with Gasteiger partial charge in [-0.25, -0.2) is 4.39 Å². The number of benzene rings is 3. The van der Waals surface area contributed by atoms with Crippen LogP contribution in [0.3, 0.4) is 0 Å². The van der Waals surface area contributed by atoms with E-state index in [0.717, 1.165) is 52.5 Å². The van der Waals surface area contributed by atoms with Crippen molar-refractivity contribution in [3.05, 3.63) is 107 Å². The molecule has 0 saturated carbocycles. The molecule has 0 radical (unpaired) electrons. The summed E-state index contributed by atoms with van der Waals surface area (Å²) in [7, 11) is 0. The van der Waals surface area contributed by atoms with E-state index in [1.54, 1.807) is 12.1 Å². The molecular weight excluding hydrogens is 387 g/mol. The highest BCUT2D eigenvalue weighted by molar-refractivity contribution is 5.85. The van der Waals surface area contributed by atoms with Gasteiger partial charge in [0.25, 0.3) is 0 Å². The number of fused-ring (bicyclic) bond motifs is 3. The number of aromatic nitrogens is 1. The number of rotatable bonds is 5. The number of amides is 1. The standard InChI is InChI=1S/C27H25FN2O/c28-20-11-13-25-23(15-20)24-16-21(12-14-26(24)30-25)29-27(31)17-22(18-7-3-1-4-8-18)19-9-5-2-6-10-19/h1-11,13,15,21-22,30H,12,14,16-17H2,(H,29,31). The summed E-state index contributed by atoms with van der Waals surface area (Å²) in [5.41, 5.74) is 5.54. The number of halogens is 1. The van der Waals surface area contributed by atoms with Gasteiger partial charge in [0.2, 0.25) is 5.91 Å². The Balaban J connectivity index is 1.33. The van der Waals surface area contributed by atoms with Gasteiger partial charge in [0.15, 0.2) is 0 Å². The lowest BCUT2D eigenvalue weighted by Gasteiger charge is -2.25. The average molecular weight is 413 g/mol. The second-order valence-corrected chi connectivity index (χ2v) is 8.36. The van der Waals surface area contributed by atoms with E-state index in [0.29, 0.717) is 6.42 Å². The number of carbonyl (C=O) groups excluding carboxylic acids is 1. The molecule has 4 aromatic rings. The molecule has 3 nitrogen and oxygen atoms in total. The first kappa shape index (κ1) is 19.6. The highest BCUT2D eigenvalue weighted by atomic mass is 19.1. The van der Waals surface area contributed by atoms with E-state index >= 15 is 0 Å². The predicted octanol–water partition coefficient (Wildman–Crippen LogP) is 5.50. The Kier molecular flexibility index (Phi) is 5.29. The number of H-pyrrole nitrogens is 1. The Morgan fingerprint density at radius 3 is 2.35 bits per heavy atom. The molecule has 156 valence electrons. The van der Waals surface area contributed by atoms with Crippen molar-refractivity contribution in [3.63, 3.8) is 0 Å². The summed E-state index contributed by atoms with van der Waals surface area (Å²) < 4.78 is 13.8. The van der Waals surface area contributed by atoms with Crippen molar-refractivity contribution < 1.29 is 9.18 Å². The smallest absolute Gasteiger partial charge is 0.221 e. The highest BCUT2D eigenvalue weighted by Crippen LogP contribution is 2.31. The number of hydrogen-bond acceptors (Lipinski definition) is 1. The van der Waals surface area contributed by atoms with Crippen LogP contribution in [0.25, 0.3) is 10.9 Å². The van der Waals surface area contributed by atoms with Gasteiger partial charge >= 0.3 is 0 Å². The maximum Gasteiger partial charge on any atom is 0.221 e. The Hall–Kier alpha value is -3.40. The van der Waals surface area contributed by atoms with Gasteiger partial charge < -0.3 is 10.3 Å². The van der Waals surface area contributed by atoms with Crippen molar-refractivity contribution in [1.29, 1.82) is 0 Å². The minimum Gasteiger partial charge on any atom is -0.358 e.